The maximum Gasteiger partial charge on any atom is 0.167 e. The molecule has 0 aliphatic heterocycles. The first-order valence-electron chi connectivity index (χ1n) is 6.54. The first-order chi connectivity index (χ1) is 9.92. The molecule has 2 aromatic rings. The number of ether oxygens (including phenoxy) is 1. The largest absolute Gasteiger partial charge is 0.496 e. The van der Waals surface area contributed by atoms with Crippen LogP contribution in [0.3, 0.4) is 0 Å². The van der Waals surface area contributed by atoms with E-state index in [9.17, 15) is 9.18 Å². The number of aryl methyl sites for hydroxylation is 2. The molecule has 0 aliphatic carbocycles. The molecule has 0 fully saturated rings. The number of rotatable bonds is 4. The number of carbonyl (C=O) groups is 1. The minimum Gasteiger partial charge on any atom is -0.496 e. The number of methoxy groups -OCH3 is 1. The van der Waals surface area contributed by atoms with Crippen LogP contribution in [0.2, 0.25) is 5.02 Å². The molecule has 0 radical (unpaired) electrons. The van der Waals surface area contributed by atoms with Gasteiger partial charge in [0.05, 0.1) is 7.11 Å². The van der Waals surface area contributed by atoms with E-state index in [4.69, 9.17) is 16.3 Å². The second kappa shape index (κ2) is 6.27. The second-order valence-corrected chi connectivity index (χ2v) is 5.38. The fraction of sp³-hybridized carbons (Fsp3) is 0.235. The van der Waals surface area contributed by atoms with Gasteiger partial charge >= 0.3 is 0 Å². The molecular weight excluding hydrogens is 291 g/mol. The summed E-state index contributed by atoms with van der Waals surface area (Å²) in [5.74, 6) is 0.295. The third-order valence-corrected chi connectivity index (χ3v) is 3.76. The molecule has 0 spiro atoms. The number of ketones is 1. The molecule has 110 valence electrons. The molecule has 0 aromatic heterocycles. The van der Waals surface area contributed by atoms with E-state index in [1.165, 1.54) is 12.1 Å². The van der Waals surface area contributed by atoms with Crippen molar-refractivity contribution < 1.29 is 13.9 Å². The van der Waals surface area contributed by atoms with Crippen LogP contribution in [0.15, 0.2) is 30.3 Å². The average molecular weight is 307 g/mol. The number of hydrogen-bond acceptors (Lipinski definition) is 2. The standard InChI is InChI=1S/C17H16ClFO2/c1-10-7-17(21-3)11(2)6-14(10)16(20)8-12-4-5-13(19)9-15(12)18/h4-7,9H,8H2,1-3H3. The van der Waals surface area contributed by atoms with Gasteiger partial charge in [0.25, 0.3) is 0 Å². The first kappa shape index (κ1) is 15.5. The summed E-state index contributed by atoms with van der Waals surface area (Å²) in [4.78, 5) is 12.4. The molecule has 0 N–H and O–H groups in total. The zero-order valence-corrected chi connectivity index (χ0v) is 12.9. The van der Waals surface area contributed by atoms with Crippen molar-refractivity contribution in [2.45, 2.75) is 20.3 Å². The van der Waals surface area contributed by atoms with Crippen LogP contribution in [0.1, 0.15) is 27.0 Å². The van der Waals surface area contributed by atoms with Gasteiger partial charge in [0.2, 0.25) is 0 Å². The predicted molar refractivity (Wildman–Crippen MR) is 81.9 cm³/mol. The van der Waals surface area contributed by atoms with E-state index in [0.717, 1.165) is 16.9 Å². The van der Waals surface area contributed by atoms with Crippen molar-refractivity contribution in [3.05, 3.63) is 63.4 Å². The van der Waals surface area contributed by atoms with Gasteiger partial charge in [-0.1, -0.05) is 17.7 Å². The van der Waals surface area contributed by atoms with Crippen LogP contribution in [0, 0.1) is 19.7 Å². The molecule has 2 aromatic carbocycles. The molecule has 0 unspecified atom stereocenters. The Labute approximate surface area is 128 Å². The van der Waals surface area contributed by atoms with Crippen molar-refractivity contribution in [1.29, 1.82) is 0 Å². The molecule has 0 amide bonds. The molecular formula is C17H16ClFO2. The van der Waals surface area contributed by atoms with E-state index in [-0.39, 0.29) is 17.2 Å². The van der Waals surface area contributed by atoms with Gasteiger partial charge in [0.1, 0.15) is 11.6 Å². The van der Waals surface area contributed by atoms with Gasteiger partial charge in [-0.3, -0.25) is 4.79 Å². The zero-order valence-electron chi connectivity index (χ0n) is 12.2. The fourth-order valence-electron chi connectivity index (χ4n) is 2.24. The average Bonchev–Trinajstić information content (AvgIpc) is 2.43. The molecule has 2 nitrogen and oxygen atoms in total. The molecule has 2 rings (SSSR count). The lowest BCUT2D eigenvalue weighted by atomic mass is 9.97. The SMILES string of the molecule is COc1cc(C)c(C(=O)Cc2ccc(F)cc2Cl)cc1C. The van der Waals surface area contributed by atoms with Crippen molar-refractivity contribution in [2.24, 2.45) is 0 Å². The second-order valence-electron chi connectivity index (χ2n) is 4.97. The highest BCUT2D eigenvalue weighted by atomic mass is 35.5. The Morgan fingerprint density at radius 3 is 2.52 bits per heavy atom. The Hall–Kier alpha value is -1.87. The van der Waals surface area contributed by atoms with E-state index in [1.54, 1.807) is 13.2 Å². The molecule has 0 aliphatic rings. The number of Topliss-reactive ketones (excluding diaryl/α,β-unsaturated/α-hetero) is 1. The van der Waals surface area contributed by atoms with E-state index >= 15 is 0 Å². The third-order valence-electron chi connectivity index (χ3n) is 3.41. The summed E-state index contributed by atoms with van der Waals surface area (Å²) in [6.07, 6.45) is 0.145. The molecule has 0 heterocycles. The molecule has 4 heteroatoms. The van der Waals surface area contributed by atoms with Crippen LogP contribution >= 0.6 is 11.6 Å². The summed E-state index contributed by atoms with van der Waals surface area (Å²) in [5, 5.41) is 0.270. The monoisotopic (exact) mass is 306 g/mol. The highest BCUT2D eigenvalue weighted by Crippen LogP contribution is 2.25. The van der Waals surface area contributed by atoms with Gasteiger partial charge in [-0.05, 0) is 54.8 Å². The normalized spacial score (nSPS) is 10.5. The number of halogens is 2. The van der Waals surface area contributed by atoms with E-state index < -0.39 is 5.82 Å². The van der Waals surface area contributed by atoms with Crippen molar-refractivity contribution in [2.75, 3.05) is 7.11 Å². The van der Waals surface area contributed by atoms with Gasteiger partial charge in [-0.25, -0.2) is 4.39 Å². The quantitative estimate of drug-likeness (QED) is 0.776. The number of carbonyl (C=O) groups excluding carboxylic acids is 1. The first-order valence-corrected chi connectivity index (χ1v) is 6.92. The Morgan fingerprint density at radius 1 is 1.19 bits per heavy atom. The van der Waals surface area contributed by atoms with Gasteiger partial charge in [-0.15, -0.1) is 0 Å². The van der Waals surface area contributed by atoms with Crippen LogP contribution in [-0.2, 0) is 6.42 Å². The number of hydrogen-bond donors (Lipinski definition) is 0. The Morgan fingerprint density at radius 2 is 1.90 bits per heavy atom. The van der Waals surface area contributed by atoms with E-state index in [0.29, 0.717) is 11.1 Å². The van der Waals surface area contributed by atoms with Crippen LogP contribution in [0.4, 0.5) is 4.39 Å². The van der Waals surface area contributed by atoms with Gasteiger partial charge < -0.3 is 4.74 Å². The maximum absolute atomic E-state index is 13.0. The van der Waals surface area contributed by atoms with Crippen molar-refractivity contribution >= 4 is 17.4 Å². The summed E-state index contributed by atoms with van der Waals surface area (Å²) in [6.45, 7) is 3.75. The maximum atomic E-state index is 13.0. The van der Waals surface area contributed by atoms with Crippen molar-refractivity contribution in [3.8, 4) is 5.75 Å². The van der Waals surface area contributed by atoms with Crippen LogP contribution in [-0.4, -0.2) is 12.9 Å². The van der Waals surface area contributed by atoms with Crippen molar-refractivity contribution in [1.82, 2.24) is 0 Å². The molecule has 0 atom stereocenters. The summed E-state index contributed by atoms with van der Waals surface area (Å²) in [5.41, 5.74) is 3.00. The summed E-state index contributed by atoms with van der Waals surface area (Å²) < 4.78 is 18.3. The molecule has 0 bridgehead atoms. The molecule has 21 heavy (non-hydrogen) atoms. The zero-order chi connectivity index (χ0) is 15.6. The highest BCUT2D eigenvalue weighted by Gasteiger charge is 2.14. The summed E-state index contributed by atoms with van der Waals surface area (Å²) in [6, 6.07) is 7.72. The van der Waals surface area contributed by atoms with Crippen LogP contribution in [0.5, 0.6) is 5.75 Å². The van der Waals surface area contributed by atoms with Crippen LogP contribution < -0.4 is 4.74 Å². The summed E-state index contributed by atoms with van der Waals surface area (Å²) >= 11 is 5.97. The number of benzene rings is 2. The highest BCUT2D eigenvalue weighted by molar-refractivity contribution is 6.31. The Balaban J connectivity index is 2.30. The summed E-state index contributed by atoms with van der Waals surface area (Å²) in [7, 11) is 1.60. The van der Waals surface area contributed by atoms with Crippen molar-refractivity contribution in [3.63, 3.8) is 0 Å². The Bertz CT molecular complexity index is 695. The molecule has 0 saturated heterocycles. The van der Waals surface area contributed by atoms with Gasteiger partial charge in [0.15, 0.2) is 5.78 Å². The lowest BCUT2D eigenvalue weighted by molar-refractivity contribution is 0.0992. The predicted octanol–water partition coefficient (Wildman–Crippen LogP) is 4.53. The minimum absolute atomic E-state index is 0.0493. The van der Waals surface area contributed by atoms with Gasteiger partial charge in [-0.2, -0.15) is 0 Å². The van der Waals surface area contributed by atoms with E-state index in [1.807, 2.05) is 26.0 Å². The smallest absolute Gasteiger partial charge is 0.167 e. The Kier molecular flexibility index (Phi) is 4.63. The lowest BCUT2D eigenvalue weighted by Gasteiger charge is -2.11. The lowest BCUT2D eigenvalue weighted by Crippen LogP contribution is -2.07. The van der Waals surface area contributed by atoms with Gasteiger partial charge in [0, 0.05) is 17.0 Å². The van der Waals surface area contributed by atoms with E-state index in [2.05, 4.69) is 0 Å². The minimum atomic E-state index is -0.410. The van der Waals surface area contributed by atoms with Crippen LogP contribution in [0.25, 0.3) is 0 Å². The topological polar surface area (TPSA) is 26.3 Å². The fourth-order valence-corrected chi connectivity index (χ4v) is 2.48. The molecule has 0 saturated carbocycles. The third kappa shape index (κ3) is 3.42.